The number of nitrogens with one attached hydrogen (secondary N) is 1. The van der Waals surface area contributed by atoms with E-state index in [4.69, 9.17) is 39.5 Å². The lowest BCUT2D eigenvalue weighted by atomic mass is 9.91. The smallest absolute Gasteiger partial charge is 0.214 e. The van der Waals surface area contributed by atoms with Gasteiger partial charge in [0, 0.05) is 27.0 Å². The standard InChI is InChI=1S/C23H17Cl3N2O3/c24-16-7-5-14(6-8-16)13-31-23-20(25)9-15(10-21(23)26)19(12-28(29)30)18-11-27-22-4-2-1-3-17(18)22/h1-11,19,27H,12-13H2/t19-/m0/s1. The zero-order valence-electron chi connectivity index (χ0n) is 16.1. The largest absolute Gasteiger partial charge is 0.486 e. The average molecular weight is 476 g/mol. The Labute approximate surface area is 193 Å². The van der Waals surface area contributed by atoms with E-state index in [1.807, 2.05) is 36.4 Å². The average Bonchev–Trinajstić information content (AvgIpc) is 3.16. The molecule has 0 bridgehead atoms. The molecule has 0 radical (unpaired) electrons. The first-order valence-electron chi connectivity index (χ1n) is 9.46. The highest BCUT2D eigenvalue weighted by molar-refractivity contribution is 6.37. The molecular formula is C23H17Cl3N2O3. The topological polar surface area (TPSA) is 68.2 Å². The Hall–Kier alpha value is -2.73. The number of rotatable bonds is 7. The van der Waals surface area contributed by atoms with E-state index in [1.165, 1.54) is 0 Å². The van der Waals surface area contributed by atoms with Crippen molar-refractivity contribution in [2.24, 2.45) is 0 Å². The number of H-pyrrole nitrogens is 1. The highest BCUT2D eigenvalue weighted by Crippen LogP contribution is 2.39. The van der Waals surface area contributed by atoms with Crippen LogP contribution in [0.4, 0.5) is 0 Å². The third-order valence-electron chi connectivity index (χ3n) is 5.05. The lowest BCUT2D eigenvalue weighted by Crippen LogP contribution is -2.14. The molecule has 0 amide bonds. The Morgan fingerprint density at radius 1 is 1.00 bits per heavy atom. The van der Waals surface area contributed by atoms with Crippen LogP contribution < -0.4 is 4.74 Å². The van der Waals surface area contributed by atoms with Crippen LogP contribution in [0.1, 0.15) is 22.6 Å². The summed E-state index contributed by atoms with van der Waals surface area (Å²) < 4.78 is 5.82. The summed E-state index contributed by atoms with van der Waals surface area (Å²) in [6.45, 7) is -0.0315. The molecule has 5 nitrogen and oxygen atoms in total. The van der Waals surface area contributed by atoms with Gasteiger partial charge >= 0.3 is 0 Å². The summed E-state index contributed by atoms with van der Waals surface area (Å²) in [6, 6.07) is 18.3. The van der Waals surface area contributed by atoms with Crippen LogP contribution in [-0.2, 0) is 6.61 Å². The van der Waals surface area contributed by atoms with Gasteiger partial charge in [0.1, 0.15) is 6.61 Å². The minimum Gasteiger partial charge on any atom is -0.486 e. The number of hydrogen-bond donors (Lipinski definition) is 1. The van der Waals surface area contributed by atoms with Gasteiger partial charge in [0.25, 0.3) is 0 Å². The minimum atomic E-state index is -0.522. The zero-order chi connectivity index (χ0) is 22.0. The maximum absolute atomic E-state index is 11.4. The number of halogens is 3. The van der Waals surface area contributed by atoms with Crippen molar-refractivity contribution >= 4 is 45.7 Å². The first kappa shape index (κ1) is 21.5. The van der Waals surface area contributed by atoms with Gasteiger partial charge in [-0.15, -0.1) is 0 Å². The molecule has 0 saturated heterocycles. The summed E-state index contributed by atoms with van der Waals surface area (Å²) in [5.41, 5.74) is 3.28. The van der Waals surface area contributed by atoms with Crippen LogP contribution in [0.5, 0.6) is 5.75 Å². The fraction of sp³-hybridized carbons (Fsp3) is 0.130. The highest BCUT2D eigenvalue weighted by atomic mass is 35.5. The second-order valence-electron chi connectivity index (χ2n) is 7.09. The Balaban J connectivity index is 1.66. The second kappa shape index (κ2) is 9.18. The maximum Gasteiger partial charge on any atom is 0.214 e. The molecule has 0 fully saturated rings. The highest BCUT2D eigenvalue weighted by Gasteiger charge is 2.25. The number of para-hydroxylation sites is 1. The molecular weight excluding hydrogens is 459 g/mol. The second-order valence-corrected chi connectivity index (χ2v) is 8.34. The Morgan fingerprint density at radius 3 is 2.35 bits per heavy atom. The zero-order valence-corrected chi connectivity index (χ0v) is 18.4. The van der Waals surface area contributed by atoms with Crippen LogP contribution in [0.2, 0.25) is 15.1 Å². The summed E-state index contributed by atoms with van der Waals surface area (Å²) in [7, 11) is 0. The van der Waals surface area contributed by atoms with Crippen LogP contribution in [0, 0.1) is 10.1 Å². The molecule has 4 rings (SSSR count). The van der Waals surface area contributed by atoms with Crippen molar-refractivity contribution in [3.63, 3.8) is 0 Å². The Bertz CT molecular complexity index is 1220. The van der Waals surface area contributed by atoms with E-state index in [2.05, 4.69) is 4.98 Å². The van der Waals surface area contributed by atoms with E-state index in [9.17, 15) is 10.1 Å². The molecule has 31 heavy (non-hydrogen) atoms. The molecule has 1 heterocycles. The van der Waals surface area contributed by atoms with Gasteiger partial charge in [-0.3, -0.25) is 10.1 Å². The fourth-order valence-corrected chi connectivity index (χ4v) is 4.31. The Kier molecular flexibility index (Phi) is 6.37. The molecule has 0 spiro atoms. The van der Waals surface area contributed by atoms with Crippen molar-refractivity contribution in [1.82, 2.24) is 4.98 Å². The van der Waals surface area contributed by atoms with E-state index in [0.29, 0.717) is 26.4 Å². The maximum atomic E-state index is 11.4. The first-order valence-corrected chi connectivity index (χ1v) is 10.6. The molecule has 0 aliphatic carbocycles. The molecule has 158 valence electrons. The van der Waals surface area contributed by atoms with E-state index in [0.717, 1.165) is 22.0 Å². The van der Waals surface area contributed by atoms with Crippen molar-refractivity contribution in [1.29, 1.82) is 0 Å². The number of ether oxygens (including phenoxy) is 1. The molecule has 3 aromatic carbocycles. The van der Waals surface area contributed by atoms with Gasteiger partial charge in [0.05, 0.1) is 16.0 Å². The predicted octanol–water partition coefficient (Wildman–Crippen LogP) is 7.12. The monoisotopic (exact) mass is 474 g/mol. The van der Waals surface area contributed by atoms with Crippen LogP contribution in [0.15, 0.2) is 66.9 Å². The minimum absolute atomic E-state index is 0.261. The first-order chi connectivity index (χ1) is 14.9. The summed E-state index contributed by atoms with van der Waals surface area (Å²) in [6.07, 6.45) is 1.80. The predicted molar refractivity (Wildman–Crippen MR) is 124 cm³/mol. The number of aromatic nitrogens is 1. The summed E-state index contributed by atoms with van der Waals surface area (Å²) >= 11 is 18.9. The number of nitro groups is 1. The Morgan fingerprint density at radius 2 is 1.68 bits per heavy atom. The van der Waals surface area contributed by atoms with E-state index in [1.54, 1.807) is 30.5 Å². The molecule has 1 aromatic heterocycles. The molecule has 0 unspecified atom stereocenters. The summed E-state index contributed by atoms with van der Waals surface area (Å²) in [5.74, 6) is -0.188. The van der Waals surface area contributed by atoms with Gasteiger partial charge in [-0.1, -0.05) is 65.1 Å². The van der Waals surface area contributed by atoms with Crippen molar-refractivity contribution in [3.05, 3.63) is 109 Å². The number of fused-ring (bicyclic) bond motifs is 1. The van der Waals surface area contributed by atoms with Gasteiger partial charge in [-0.05, 0) is 47.0 Å². The summed E-state index contributed by atoms with van der Waals surface area (Å²) in [4.78, 5) is 14.3. The van der Waals surface area contributed by atoms with Gasteiger partial charge in [0.2, 0.25) is 6.54 Å². The molecule has 8 heteroatoms. The van der Waals surface area contributed by atoms with E-state index < -0.39 is 5.92 Å². The van der Waals surface area contributed by atoms with E-state index >= 15 is 0 Å². The van der Waals surface area contributed by atoms with Crippen LogP contribution in [0.25, 0.3) is 10.9 Å². The van der Waals surface area contributed by atoms with Gasteiger partial charge in [-0.25, -0.2) is 0 Å². The third-order valence-corrected chi connectivity index (χ3v) is 5.86. The van der Waals surface area contributed by atoms with E-state index in [-0.39, 0.29) is 18.1 Å². The van der Waals surface area contributed by atoms with Crippen LogP contribution in [-0.4, -0.2) is 16.5 Å². The molecule has 0 saturated carbocycles. The van der Waals surface area contributed by atoms with Crippen LogP contribution in [0.3, 0.4) is 0 Å². The van der Waals surface area contributed by atoms with Crippen molar-refractivity contribution in [2.45, 2.75) is 12.5 Å². The lowest BCUT2D eigenvalue weighted by molar-refractivity contribution is -0.481. The van der Waals surface area contributed by atoms with Crippen molar-refractivity contribution in [3.8, 4) is 5.75 Å². The quantitative estimate of drug-likeness (QED) is 0.229. The number of hydrogen-bond acceptors (Lipinski definition) is 3. The van der Waals surface area contributed by atoms with Gasteiger partial charge < -0.3 is 9.72 Å². The van der Waals surface area contributed by atoms with Gasteiger partial charge in [-0.2, -0.15) is 0 Å². The number of benzene rings is 3. The molecule has 0 aliphatic rings. The normalized spacial score (nSPS) is 12.1. The van der Waals surface area contributed by atoms with Crippen LogP contribution >= 0.6 is 34.8 Å². The van der Waals surface area contributed by atoms with Crippen molar-refractivity contribution in [2.75, 3.05) is 6.54 Å². The van der Waals surface area contributed by atoms with Gasteiger partial charge in [0.15, 0.2) is 5.75 Å². The molecule has 1 atom stereocenters. The molecule has 0 aliphatic heterocycles. The SMILES string of the molecule is O=[N+]([O-])C[C@@H](c1cc(Cl)c(OCc2ccc(Cl)cc2)c(Cl)c1)c1c[nH]c2ccccc12. The molecule has 1 N–H and O–H groups in total. The number of aromatic amines is 1. The summed E-state index contributed by atoms with van der Waals surface area (Å²) in [5, 5.41) is 13.6. The van der Waals surface area contributed by atoms with Crippen molar-refractivity contribution < 1.29 is 9.66 Å². The lowest BCUT2D eigenvalue weighted by Gasteiger charge is -2.17. The molecule has 4 aromatic rings. The number of nitrogens with zero attached hydrogens (tertiary/aromatic N) is 1. The fourth-order valence-electron chi connectivity index (χ4n) is 3.57. The third kappa shape index (κ3) is 4.79.